The lowest BCUT2D eigenvalue weighted by Crippen LogP contribution is -2.43. The molecule has 0 saturated carbocycles. The Hall–Kier alpha value is -2.09. The first-order valence-electron chi connectivity index (χ1n) is 10.0. The fourth-order valence-electron chi connectivity index (χ4n) is 3.54. The first-order chi connectivity index (χ1) is 14.2. The standard InChI is InChI=1S/C22H27ClN2O4S/c1-4-29-21-10-9-18(13-19(21)23)30(27,28)25-11-5-6-17(14-25)22(26)24-20-12-15(2)7-8-16(20)3/h7-10,12-13,17H,4-6,11,14H2,1-3H3,(H,24,26)/t17-/m0/s1. The van der Waals surface area contributed by atoms with E-state index in [0.717, 1.165) is 16.8 Å². The molecule has 1 atom stereocenters. The normalized spacial score (nSPS) is 17.5. The molecule has 6 nitrogen and oxygen atoms in total. The third-order valence-corrected chi connectivity index (χ3v) is 7.40. The highest BCUT2D eigenvalue weighted by Gasteiger charge is 2.33. The summed E-state index contributed by atoms with van der Waals surface area (Å²) in [5.74, 6) is -0.123. The van der Waals surface area contributed by atoms with Crippen LogP contribution in [0.1, 0.15) is 30.9 Å². The van der Waals surface area contributed by atoms with E-state index in [4.69, 9.17) is 16.3 Å². The zero-order valence-corrected chi connectivity index (χ0v) is 19.0. The van der Waals surface area contributed by atoms with Crippen molar-refractivity contribution in [3.05, 3.63) is 52.5 Å². The lowest BCUT2D eigenvalue weighted by atomic mass is 9.98. The molecule has 1 N–H and O–H groups in total. The maximum atomic E-state index is 13.1. The molecule has 30 heavy (non-hydrogen) atoms. The van der Waals surface area contributed by atoms with E-state index in [1.807, 2.05) is 39.0 Å². The molecule has 1 aliphatic rings. The highest BCUT2D eigenvalue weighted by Crippen LogP contribution is 2.31. The summed E-state index contributed by atoms with van der Waals surface area (Å²) >= 11 is 6.18. The van der Waals surface area contributed by atoms with Gasteiger partial charge in [0.05, 0.1) is 22.4 Å². The molecular formula is C22H27ClN2O4S. The number of aryl methyl sites for hydroxylation is 2. The molecule has 1 amide bonds. The number of sulfonamides is 1. The second kappa shape index (κ2) is 9.37. The second-order valence-electron chi connectivity index (χ2n) is 7.54. The number of carbonyl (C=O) groups is 1. The van der Waals surface area contributed by atoms with Crippen molar-refractivity contribution in [2.75, 3.05) is 25.0 Å². The average molecular weight is 451 g/mol. The highest BCUT2D eigenvalue weighted by atomic mass is 35.5. The minimum Gasteiger partial charge on any atom is -0.492 e. The van der Waals surface area contributed by atoms with Gasteiger partial charge >= 0.3 is 0 Å². The summed E-state index contributed by atoms with van der Waals surface area (Å²) in [6.07, 6.45) is 1.27. The van der Waals surface area contributed by atoms with Crippen molar-refractivity contribution in [2.45, 2.75) is 38.5 Å². The van der Waals surface area contributed by atoms with Crippen LogP contribution < -0.4 is 10.1 Å². The predicted molar refractivity (Wildman–Crippen MR) is 119 cm³/mol. The SMILES string of the molecule is CCOc1ccc(S(=O)(=O)N2CCC[C@H](C(=O)Nc3cc(C)ccc3C)C2)cc1Cl. The zero-order valence-electron chi connectivity index (χ0n) is 17.4. The Balaban J connectivity index is 1.75. The lowest BCUT2D eigenvalue weighted by Gasteiger charge is -2.31. The fraction of sp³-hybridized carbons (Fsp3) is 0.409. The van der Waals surface area contributed by atoms with Crippen molar-refractivity contribution in [1.82, 2.24) is 4.31 Å². The van der Waals surface area contributed by atoms with E-state index in [2.05, 4.69) is 5.32 Å². The molecule has 2 aromatic carbocycles. The van der Waals surface area contributed by atoms with E-state index in [0.29, 0.717) is 31.7 Å². The minimum atomic E-state index is -3.76. The zero-order chi connectivity index (χ0) is 21.9. The Kier molecular flexibility index (Phi) is 7.06. The molecule has 0 unspecified atom stereocenters. The molecule has 2 aromatic rings. The Morgan fingerprint density at radius 3 is 2.70 bits per heavy atom. The number of halogens is 1. The number of nitrogens with one attached hydrogen (secondary N) is 1. The molecular weight excluding hydrogens is 424 g/mol. The number of hydrogen-bond donors (Lipinski definition) is 1. The van der Waals surface area contributed by atoms with E-state index >= 15 is 0 Å². The van der Waals surface area contributed by atoms with Crippen molar-refractivity contribution >= 4 is 33.2 Å². The summed E-state index contributed by atoms with van der Waals surface area (Å²) in [5, 5.41) is 3.21. The Morgan fingerprint density at radius 2 is 2.00 bits per heavy atom. The molecule has 0 spiro atoms. The fourth-order valence-corrected chi connectivity index (χ4v) is 5.39. The van der Waals surface area contributed by atoms with Crippen LogP contribution in [0.25, 0.3) is 0 Å². The molecule has 0 aromatic heterocycles. The lowest BCUT2D eigenvalue weighted by molar-refractivity contribution is -0.120. The Bertz CT molecular complexity index is 1040. The van der Waals surface area contributed by atoms with Gasteiger partial charge < -0.3 is 10.1 Å². The second-order valence-corrected chi connectivity index (χ2v) is 9.88. The number of hydrogen-bond acceptors (Lipinski definition) is 4. The van der Waals surface area contributed by atoms with Crippen LogP contribution in [0.5, 0.6) is 5.75 Å². The summed E-state index contributed by atoms with van der Waals surface area (Å²) in [5.41, 5.74) is 2.78. The summed E-state index contributed by atoms with van der Waals surface area (Å²) in [4.78, 5) is 12.9. The van der Waals surface area contributed by atoms with Crippen LogP contribution in [-0.2, 0) is 14.8 Å². The van der Waals surface area contributed by atoms with Crippen molar-refractivity contribution in [3.8, 4) is 5.75 Å². The third kappa shape index (κ3) is 4.96. The summed E-state index contributed by atoms with van der Waals surface area (Å²) in [7, 11) is -3.76. The number of benzene rings is 2. The number of piperidine rings is 1. The summed E-state index contributed by atoms with van der Waals surface area (Å²) < 4.78 is 33.0. The first kappa shape index (κ1) is 22.6. The molecule has 0 aliphatic carbocycles. The molecule has 8 heteroatoms. The monoisotopic (exact) mass is 450 g/mol. The molecule has 0 radical (unpaired) electrons. The Morgan fingerprint density at radius 1 is 1.23 bits per heavy atom. The molecule has 1 heterocycles. The minimum absolute atomic E-state index is 0.103. The van der Waals surface area contributed by atoms with Gasteiger partial charge in [-0.25, -0.2) is 8.42 Å². The van der Waals surface area contributed by atoms with Gasteiger partial charge in [0.25, 0.3) is 0 Å². The number of amides is 1. The Labute approximate surface area is 183 Å². The van der Waals surface area contributed by atoms with E-state index in [1.165, 1.54) is 16.4 Å². The number of carbonyl (C=O) groups excluding carboxylic acids is 1. The van der Waals surface area contributed by atoms with Gasteiger partial charge in [-0.15, -0.1) is 0 Å². The quantitative estimate of drug-likeness (QED) is 0.707. The number of rotatable bonds is 6. The van der Waals surface area contributed by atoms with E-state index < -0.39 is 15.9 Å². The van der Waals surface area contributed by atoms with Crippen LogP contribution in [-0.4, -0.2) is 38.3 Å². The molecule has 1 aliphatic heterocycles. The number of nitrogens with zero attached hydrogens (tertiary/aromatic N) is 1. The smallest absolute Gasteiger partial charge is 0.243 e. The van der Waals surface area contributed by atoms with E-state index in [-0.39, 0.29) is 22.4 Å². The van der Waals surface area contributed by atoms with E-state index in [1.54, 1.807) is 6.07 Å². The average Bonchev–Trinajstić information content (AvgIpc) is 2.72. The van der Waals surface area contributed by atoms with Gasteiger partial charge in [-0.05, 0) is 69.0 Å². The maximum Gasteiger partial charge on any atom is 0.243 e. The summed E-state index contributed by atoms with van der Waals surface area (Å²) in [6.45, 7) is 6.69. The molecule has 162 valence electrons. The topological polar surface area (TPSA) is 75.7 Å². The van der Waals surface area contributed by atoms with Gasteiger partial charge in [-0.3, -0.25) is 4.79 Å². The van der Waals surface area contributed by atoms with Crippen LogP contribution >= 0.6 is 11.6 Å². The van der Waals surface area contributed by atoms with Gasteiger partial charge in [0.15, 0.2) is 0 Å². The van der Waals surface area contributed by atoms with Crippen molar-refractivity contribution in [2.24, 2.45) is 5.92 Å². The van der Waals surface area contributed by atoms with Gasteiger partial charge in [0.2, 0.25) is 15.9 Å². The van der Waals surface area contributed by atoms with Crippen LogP contribution in [0.15, 0.2) is 41.3 Å². The molecule has 3 rings (SSSR count). The van der Waals surface area contributed by atoms with Gasteiger partial charge in [0.1, 0.15) is 5.75 Å². The van der Waals surface area contributed by atoms with Crippen molar-refractivity contribution < 1.29 is 17.9 Å². The first-order valence-corrected chi connectivity index (χ1v) is 11.8. The van der Waals surface area contributed by atoms with Crippen molar-refractivity contribution in [1.29, 1.82) is 0 Å². The molecule has 1 saturated heterocycles. The van der Waals surface area contributed by atoms with Crippen LogP contribution in [0.2, 0.25) is 5.02 Å². The predicted octanol–water partition coefficient (Wildman–Crippen LogP) is 4.39. The summed E-state index contributed by atoms with van der Waals surface area (Å²) in [6, 6.07) is 10.3. The van der Waals surface area contributed by atoms with Crippen LogP contribution in [0.4, 0.5) is 5.69 Å². The third-order valence-electron chi connectivity index (χ3n) is 5.25. The van der Waals surface area contributed by atoms with Crippen molar-refractivity contribution in [3.63, 3.8) is 0 Å². The highest BCUT2D eigenvalue weighted by molar-refractivity contribution is 7.89. The van der Waals surface area contributed by atoms with Crippen LogP contribution in [0.3, 0.4) is 0 Å². The number of anilines is 1. The molecule has 0 bridgehead atoms. The van der Waals surface area contributed by atoms with Crippen LogP contribution in [0, 0.1) is 19.8 Å². The molecule has 1 fully saturated rings. The van der Waals surface area contributed by atoms with Gasteiger partial charge in [-0.1, -0.05) is 23.7 Å². The van der Waals surface area contributed by atoms with Gasteiger partial charge in [-0.2, -0.15) is 4.31 Å². The largest absolute Gasteiger partial charge is 0.492 e. The number of ether oxygens (including phenoxy) is 1. The van der Waals surface area contributed by atoms with Gasteiger partial charge in [0, 0.05) is 18.8 Å². The maximum absolute atomic E-state index is 13.1. The van der Waals surface area contributed by atoms with E-state index in [9.17, 15) is 13.2 Å².